The Morgan fingerprint density at radius 1 is 1.27 bits per heavy atom. The number of carbonyl (C=O) groups is 1. The Morgan fingerprint density at radius 2 is 1.92 bits per heavy atom. The second-order valence-corrected chi connectivity index (χ2v) is 7.08. The van der Waals surface area contributed by atoms with E-state index in [2.05, 4.69) is 41.2 Å². The van der Waals surface area contributed by atoms with Gasteiger partial charge in [0.1, 0.15) is 5.69 Å². The van der Waals surface area contributed by atoms with Crippen LogP contribution in [-0.4, -0.2) is 48.5 Å². The Balaban J connectivity index is 0.00000169. The first-order valence-electron chi connectivity index (χ1n) is 8.40. The quantitative estimate of drug-likeness (QED) is 0.812. The van der Waals surface area contributed by atoms with Gasteiger partial charge in [-0.1, -0.05) is 18.2 Å². The van der Waals surface area contributed by atoms with Gasteiger partial charge in [-0.05, 0) is 31.5 Å². The average molecular weight is 417 g/mol. The maximum Gasteiger partial charge on any atom is 0.273 e. The van der Waals surface area contributed by atoms with E-state index >= 15 is 0 Å². The van der Waals surface area contributed by atoms with Crippen molar-refractivity contribution in [2.24, 2.45) is 5.73 Å². The molecule has 3 rings (SSSR count). The SMILES string of the molecule is CN(c1ccccc1)C1CCN(C(=O)c2csc(CCN)n2)CC1.Cl.Cl. The van der Waals surface area contributed by atoms with Crippen LogP contribution in [0.25, 0.3) is 0 Å². The molecule has 0 saturated carbocycles. The second-order valence-electron chi connectivity index (χ2n) is 6.13. The summed E-state index contributed by atoms with van der Waals surface area (Å²) >= 11 is 1.52. The first kappa shape index (κ1) is 22.7. The van der Waals surface area contributed by atoms with Crippen molar-refractivity contribution in [3.63, 3.8) is 0 Å². The summed E-state index contributed by atoms with van der Waals surface area (Å²) in [6, 6.07) is 10.9. The molecule has 0 atom stereocenters. The van der Waals surface area contributed by atoms with E-state index < -0.39 is 0 Å². The van der Waals surface area contributed by atoms with Crippen molar-refractivity contribution in [1.29, 1.82) is 0 Å². The molecule has 0 bridgehead atoms. The minimum Gasteiger partial charge on any atom is -0.371 e. The molecule has 1 aromatic heterocycles. The highest BCUT2D eigenvalue weighted by molar-refractivity contribution is 7.09. The lowest BCUT2D eigenvalue weighted by Gasteiger charge is -2.37. The van der Waals surface area contributed by atoms with Crippen LogP contribution in [-0.2, 0) is 6.42 Å². The third-order valence-corrected chi connectivity index (χ3v) is 5.50. The fourth-order valence-corrected chi connectivity index (χ4v) is 3.93. The van der Waals surface area contributed by atoms with Gasteiger partial charge in [0.15, 0.2) is 0 Å². The lowest BCUT2D eigenvalue weighted by Crippen LogP contribution is -2.45. The molecule has 1 fully saturated rings. The van der Waals surface area contributed by atoms with Gasteiger partial charge in [0, 0.05) is 43.7 Å². The number of hydrogen-bond donors (Lipinski definition) is 1. The van der Waals surface area contributed by atoms with Gasteiger partial charge in [-0.25, -0.2) is 4.98 Å². The van der Waals surface area contributed by atoms with Crippen LogP contribution in [0.3, 0.4) is 0 Å². The molecule has 0 spiro atoms. The topological polar surface area (TPSA) is 62.5 Å². The maximum absolute atomic E-state index is 12.6. The van der Waals surface area contributed by atoms with Crippen molar-refractivity contribution in [1.82, 2.24) is 9.88 Å². The molecule has 0 unspecified atom stereocenters. The monoisotopic (exact) mass is 416 g/mol. The molecule has 1 aliphatic heterocycles. The molecule has 2 heterocycles. The number of nitrogens with two attached hydrogens (primary N) is 1. The third kappa shape index (κ3) is 5.33. The summed E-state index contributed by atoms with van der Waals surface area (Å²) in [6.07, 6.45) is 2.70. The molecule has 0 radical (unpaired) electrons. The van der Waals surface area contributed by atoms with Gasteiger partial charge >= 0.3 is 0 Å². The highest BCUT2D eigenvalue weighted by Gasteiger charge is 2.27. The van der Waals surface area contributed by atoms with Gasteiger partial charge in [-0.15, -0.1) is 36.2 Å². The number of rotatable bonds is 5. The number of hydrogen-bond acceptors (Lipinski definition) is 5. The number of benzene rings is 1. The largest absolute Gasteiger partial charge is 0.371 e. The van der Waals surface area contributed by atoms with Crippen molar-refractivity contribution in [2.75, 3.05) is 31.6 Å². The number of para-hydroxylation sites is 1. The van der Waals surface area contributed by atoms with Crippen molar-refractivity contribution < 1.29 is 4.79 Å². The van der Waals surface area contributed by atoms with E-state index in [1.807, 2.05) is 16.3 Å². The molecule has 26 heavy (non-hydrogen) atoms. The van der Waals surface area contributed by atoms with Crippen molar-refractivity contribution in [3.05, 3.63) is 46.4 Å². The van der Waals surface area contributed by atoms with Gasteiger partial charge < -0.3 is 15.5 Å². The molecular weight excluding hydrogens is 391 g/mol. The summed E-state index contributed by atoms with van der Waals surface area (Å²) in [6.45, 7) is 2.13. The Hall–Kier alpha value is -1.34. The fraction of sp³-hybridized carbons (Fsp3) is 0.444. The molecule has 0 aliphatic carbocycles. The van der Waals surface area contributed by atoms with Crippen LogP contribution in [0.15, 0.2) is 35.7 Å². The summed E-state index contributed by atoms with van der Waals surface area (Å²) in [4.78, 5) is 21.3. The summed E-state index contributed by atoms with van der Waals surface area (Å²) in [5.74, 6) is 0.0512. The van der Waals surface area contributed by atoms with Gasteiger partial charge in [-0.3, -0.25) is 4.79 Å². The minimum absolute atomic E-state index is 0. The highest BCUT2D eigenvalue weighted by Crippen LogP contribution is 2.23. The van der Waals surface area contributed by atoms with Crippen LogP contribution < -0.4 is 10.6 Å². The normalized spacial score (nSPS) is 14.3. The number of carbonyl (C=O) groups excluding carboxylic acids is 1. The summed E-state index contributed by atoms with van der Waals surface area (Å²) in [5.41, 5.74) is 7.34. The lowest BCUT2D eigenvalue weighted by atomic mass is 10.0. The van der Waals surface area contributed by atoms with E-state index in [1.165, 1.54) is 17.0 Å². The van der Waals surface area contributed by atoms with Gasteiger partial charge in [0.05, 0.1) is 5.01 Å². The molecular formula is C18H26Cl2N4OS. The number of anilines is 1. The van der Waals surface area contributed by atoms with Crippen LogP contribution in [0, 0.1) is 0 Å². The van der Waals surface area contributed by atoms with Crippen LogP contribution in [0.1, 0.15) is 28.3 Å². The van der Waals surface area contributed by atoms with Gasteiger partial charge in [0.25, 0.3) is 5.91 Å². The molecule has 1 amide bonds. The molecule has 2 aromatic rings. The third-order valence-electron chi connectivity index (χ3n) is 4.59. The van der Waals surface area contributed by atoms with Crippen LogP contribution >= 0.6 is 36.2 Å². The number of likely N-dealkylation sites (tertiary alicyclic amines) is 1. The van der Waals surface area contributed by atoms with E-state index in [0.29, 0.717) is 18.3 Å². The van der Waals surface area contributed by atoms with E-state index in [1.54, 1.807) is 0 Å². The van der Waals surface area contributed by atoms with Crippen LogP contribution in [0.5, 0.6) is 0 Å². The van der Waals surface area contributed by atoms with Crippen molar-refractivity contribution in [3.8, 4) is 0 Å². The zero-order chi connectivity index (χ0) is 16.9. The smallest absolute Gasteiger partial charge is 0.273 e. The first-order valence-corrected chi connectivity index (χ1v) is 9.28. The Kier molecular flexibility index (Phi) is 9.36. The Morgan fingerprint density at radius 3 is 2.54 bits per heavy atom. The molecule has 1 saturated heterocycles. The van der Waals surface area contributed by atoms with Crippen molar-refractivity contribution in [2.45, 2.75) is 25.3 Å². The Bertz CT molecular complexity index is 675. The number of amides is 1. The minimum atomic E-state index is 0. The fourth-order valence-electron chi connectivity index (χ4n) is 3.14. The van der Waals surface area contributed by atoms with E-state index in [0.717, 1.165) is 37.4 Å². The number of halogens is 2. The van der Waals surface area contributed by atoms with Crippen LogP contribution in [0.2, 0.25) is 0 Å². The lowest BCUT2D eigenvalue weighted by molar-refractivity contribution is 0.0708. The maximum atomic E-state index is 12.6. The average Bonchev–Trinajstić information content (AvgIpc) is 3.10. The molecule has 5 nitrogen and oxygen atoms in total. The zero-order valence-corrected chi connectivity index (χ0v) is 17.3. The number of piperidine rings is 1. The molecule has 1 aliphatic rings. The van der Waals surface area contributed by atoms with Crippen LogP contribution in [0.4, 0.5) is 5.69 Å². The molecule has 1 aromatic carbocycles. The summed E-state index contributed by atoms with van der Waals surface area (Å²) < 4.78 is 0. The summed E-state index contributed by atoms with van der Waals surface area (Å²) in [5, 5.41) is 2.80. The van der Waals surface area contributed by atoms with E-state index in [-0.39, 0.29) is 30.7 Å². The van der Waals surface area contributed by atoms with E-state index in [4.69, 9.17) is 5.73 Å². The predicted octanol–water partition coefficient (Wildman–Crippen LogP) is 3.23. The van der Waals surface area contributed by atoms with Gasteiger partial charge in [0.2, 0.25) is 0 Å². The zero-order valence-electron chi connectivity index (χ0n) is 14.8. The standard InChI is InChI=1S/C18H24N4OS.2ClH/c1-21(14-5-3-2-4-6-14)15-8-11-22(12-9-15)18(23)16-13-24-17(20-16)7-10-19;;/h2-6,13,15H,7-12,19H2,1H3;2*1H. The molecule has 2 N–H and O–H groups in total. The van der Waals surface area contributed by atoms with E-state index in [9.17, 15) is 4.79 Å². The Labute approximate surface area is 171 Å². The highest BCUT2D eigenvalue weighted by atomic mass is 35.5. The van der Waals surface area contributed by atoms with Gasteiger partial charge in [-0.2, -0.15) is 0 Å². The molecule has 8 heteroatoms. The number of aromatic nitrogens is 1. The summed E-state index contributed by atoms with van der Waals surface area (Å²) in [7, 11) is 2.14. The first-order chi connectivity index (χ1) is 11.7. The van der Waals surface area contributed by atoms with Crippen molar-refractivity contribution >= 4 is 47.7 Å². The second kappa shape index (κ2) is 10.7. The molecule has 144 valence electrons. The number of nitrogens with zero attached hydrogens (tertiary/aromatic N) is 3. The number of thiazole rings is 1. The predicted molar refractivity (Wildman–Crippen MR) is 113 cm³/mol.